The van der Waals surface area contributed by atoms with E-state index in [1.54, 1.807) is 36.4 Å². The number of carbonyl (C=O) groups is 3. The average Bonchev–Trinajstić information content (AvgIpc) is 3.04. The normalized spacial score (nSPS) is 13.6. The lowest BCUT2D eigenvalue weighted by atomic mass is 10.0. The molecule has 0 saturated heterocycles. The summed E-state index contributed by atoms with van der Waals surface area (Å²) in [6, 6.07) is 18.1. The number of hydrogen-bond donors (Lipinski definition) is 1. The predicted octanol–water partition coefficient (Wildman–Crippen LogP) is 3.75. The van der Waals surface area contributed by atoms with E-state index in [0.29, 0.717) is 11.3 Å². The van der Waals surface area contributed by atoms with Crippen molar-refractivity contribution < 1.29 is 19.3 Å². The minimum Gasteiger partial charge on any atom is -0.324 e. The molecule has 8 heteroatoms. The number of aryl methyl sites for hydroxylation is 1. The highest BCUT2D eigenvalue weighted by Gasteiger charge is 2.42. The number of nitrogens with one attached hydrogen (secondary N) is 1. The van der Waals surface area contributed by atoms with Gasteiger partial charge >= 0.3 is 0 Å². The molecule has 1 N–H and O–H groups in total. The van der Waals surface area contributed by atoms with Gasteiger partial charge < -0.3 is 5.32 Å². The van der Waals surface area contributed by atoms with E-state index in [1.165, 1.54) is 24.3 Å². The van der Waals surface area contributed by atoms with Gasteiger partial charge in [0.2, 0.25) is 5.91 Å². The standard InChI is InChI=1S/C24H19N3O5/c1-15-6-10-17(11-7-15)25-22(28)21(14-16-8-12-18(13-9-16)27(31)32)26-23(29)19-4-2-3-5-20(19)24(26)30/h2-13,21H,14H2,1H3,(H,25,28). The number of amides is 3. The maximum Gasteiger partial charge on any atom is 0.269 e. The molecule has 0 bridgehead atoms. The van der Waals surface area contributed by atoms with Crippen LogP contribution in [0.15, 0.2) is 72.8 Å². The molecular formula is C24H19N3O5. The first-order valence-electron chi connectivity index (χ1n) is 9.93. The van der Waals surface area contributed by atoms with Crippen LogP contribution >= 0.6 is 0 Å². The van der Waals surface area contributed by atoms with Gasteiger partial charge in [0.05, 0.1) is 16.1 Å². The Kier molecular flexibility index (Phi) is 5.51. The Hall–Kier alpha value is -4.33. The van der Waals surface area contributed by atoms with Crippen molar-refractivity contribution in [1.82, 2.24) is 4.90 Å². The Morgan fingerprint density at radius 2 is 1.50 bits per heavy atom. The number of imide groups is 1. The van der Waals surface area contributed by atoms with Crippen LogP contribution in [0.5, 0.6) is 0 Å². The van der Waals surface area contributed by atoms with Crippen molar-refractivity contribution in [2.75, 3.05) is 5.32 Å². The zero-order valence-corrected chi connectivity index (χ0v) is 17.1. The van der Waals surface area contributed by atoms with Crippen LogP contribution in [-0.4, -0.2) is 33.6 Å². The summed E-state index contributed by atoms with van der Waals surface area (Å²) in [5.41, 5.74) is 2.53. The van der Waals surface area contributed by atoms with Crippen LogP contribution in [0.2, 0.25) is 0 Å². The van der Waals surface area contributed by atoms with Gasteiger partial charge in [-0.2, -0.15) is 0 Å². The van der Waals surface area contributed by atoms with Gasteiger partial charge in [-0.1, -0.05) is 42.0 Å². The van der Waals surface area contributed by atoms with Crippen molar-refractivity contribution in [3.63, 3.8) is 0 Å². The van der Waals surface area contributed by atoms with Crippen molar-refractivity contribution in [2.24, 2.45) is 0 Å². The zero-order chi connectivity index (χ0) is 22.8. The number of nitro groups is 1. The van der Waals surface area contributed by atoms with Crippen molar-refractivity contribution in [2.45, 2.75) is 19.4 Å². The first-order valence-corrected chi connectivity index (χ1v) is 9.93. The Labute approximate surface area is 183 Å². The highest BCUT2D eigenvalue weighted by atomic mass is 16.6. The van der Waals surface area contributed by atoms with E-state index in [0.717, 1.165) is 10.5 Å². The van der Waals surface area contributed by atoms with Crippen molar-refractivity contribution in [3.8, 4) is 0 Å². The third kappa shape index (κ3) is 3.98. The molecule has 32 heavy (non-hydrogen) atoms. The SMILES string of the molecule is Cc1ccc(NC(=O)C(Cc2ccc([N+](=O)[O-])cc2)N2C(=O)c3ccccc3C2=O)cc1. The number of rotatable bonds is 6. The van der Waals surface area contributed by atoms with Gasteiger partial charge in [0.1, 0.15) is 6.04 Å². The molecule has 0 fully saturated rings. The van der Waals surface area contributed by atoms with Gasteiger partial charge in [0, 0.05) is 24.2 Å². The van der Waals surface area contributed by atoms with Crippen LogP contribution in [0, 0.1) is 17.0 Å². The van der Waals surface area contributed by atoms with Crippen molar-refractivity contribution >= 4 is 29.1 Å². The van der Waals surface area contributed by atoms with Crippen molar-refractivity contribution in [3.05, 3.63) is 105 Å². The van der Waals surface area contributed by atoms with Gasteiger partial charge in [0.15, 0.2) is 0 Å². The van der Waals surface area contributed by atoms with Gasteiger partial charge in [0.25, 0.3) is 17.5 Å². The lowest BCUT2D eigenvalue weighted by Gasteiger charge is -2.25. The Balaban J connectivity index is 1.67. The fraction of sp³-hybridized carbons (Fsp3) is 0.125. The summed E-state index contributed by atoms with van der Waals surface area (Å²) in [4.78, 5) is 50.7. The molecule has 0 aromatic heterocycles. The van der Waals surface area contributed by atoms with Crippen LogP contribution in [-0.2, 0) is 11.2 Å². The third-order valence-corrected chi connectivity index (χ3v) is 5.34. The molecule has 3 aromatic carbocycles. The molecule has 160 valence electrons. The summed E-state index contributed by atoms with van der Waals surface area (Å²) in [6.45, 7) is 1.92. The fourth-order valence-electron chi connectivity index (χ4n) is 3.63. The topological polar surface area (TPSA) is 110 Å². The summed E-state index contributed by atoms with van der Waals surface area (Å²) >= 11 is 0. The van der Waals surface area contributed by atoms with E-state index >= 15 is 0 Å². The molecule has 4 rings (SSSR count). The Morgan fingerprint density at radius 3 is 2.03 bits per heavy atom. The van der Waals surface area contributed by atoms with Gasteiger partial charge in [-0.15, -0.1) is 0 Å². The molecule has 1 unspecified atom stereocenters. The number of benzene rings is 3. The number of nitro benzene ring substituents is 1. The molecule has 0 spiro atoms. The van der Waals surface area contributed by atoms with Gasteiger partial charge in [-0.05, 0) is 36.8 Å². The fourth-order valence-corrected chi connectivity index (χ4v) is 3.63. The van der Waals surface area contributed by atoms with E-state index in [1.807, 2.05) is 19.1 Å². The average molecular weight is 429 g/mol. The predicted molar refractivity (Wildman–Crippen MR) is 117 cm³/mol. The number of hydrogen-bond acceptors (Lipinski definition) is 5. The largest absolute Gasteiger partial charge is 0.324 e. The number of non-ortho nitro benzene ring substituents is 1. The van der Waals surface area contributed by atoms with Crippen LogP contribution in [0.3, 0.4) is 0 Å². The third-order valence-electron chi connectivity index (χ3n) is 5.34. The van der Waals surface area contributed by atoms with E-state index in [9.17, 15) is 24.5 Å². The quantitative estimate of drug-likeness (QED) is 0.365. The van der Waals surface area contributed by atoms with Crippen molar-refractivity contribution in [1.29, 1.82) is 0 Å². The van der Waals surface area contributed by atoms with Crippen LogP contribution in [0.1, 0.15) is 31.8 Å². The number of fused-ring (bicyclic) bond motifs is 1. The summed E-state index contributed by atoms with van der Waals surface area (Å²) in [7, 11) is 0. The molecule has 1 atom stereocenters. The maximum absolute atomic E-state index is 13.2. The minimum atomic E-state index is -1.13. The molecule has 1 aliphatic heterocycles. The Bertz CT molecular complexity index is 1180. The molecule has 3 aromatic rings. The molecule has 1 heterocycles. The molecule has 8 nitrogen and oxygen atoms in total. The first-order chi connectivity index (χ1) is 15.3. The summed E-state index contributed by atoms with van der Waals surface area (Å²) in [5.74, 6) is -1.62. The summed E-state index contributed by atoms with van der Waals surface area (Å²) < 4.78 is 0. The number of nitrogens with zero attached hydrogens (tertiary/aromatic N) is 2. The molecule has 0 saturated carbocycles. The Morgan fingerprint density at radius 1 is 0.938 bits per heavy atom. The second kappa shape index (κ2) is 8.43. The van der Waals surface area contributed by atoms with Gasteiger partial charge in [-0.25, -0.2) is 0 Å². The smallest absolute Gasteiger partial charge is 0.269 e. The molecule has 0 radical (unpaired) electrons. The first kappa shape index (κ1) is 20.9. The van der Waals surface area contributed by atoms with E-state index in [-0.39, 0.29) is 23.2 Å². The second-order valence-corrected chi connectivity index (χ2v) is 7.52. The van der Waals surface area contributed by atoms with E-state index in [2.05, 4.69) is 5.32 Å². The lowest BCUT2D eigenvalue weighted by molar-refractivity contribution is -0.384. The molecule has 3 amide bonds. The highest BCUT2D eigenvalue weighted by Crippen LogP contribution is 2.27. The van der Waals surface area contributed by atoms with Crippen LogP contribution < -0.4 is 5.32 Å². The monoisotopic (exact) mass is 429 g/mol. The number of anilines is 1. The highest BCUT2D eigenvalue weighted by molar-refractivity contribution is 6.23. The van der Waals surface area contributed by atoms with Crippen LogP contribution in [0.4, 0.5) is 11.4 Å². The van der Waals surface area contributed by atoms with Crippen LogP contribution in [0.25, 0.3) is 0 Å². The zero-order valence-electron chi connectivity index (χ0n) is 17.1. The molecular weight excluding hydrogens is 410 g/mol. The summed E-state index contributed by atoms with van der Waals surface area (Å²) in [5, 5.41) is 13.7. The molecule has 0 aliphatic carbocycles. The van der Waals surface area contributed by atoms with E-state index in [4.69, 9.17) is 0 Å². The van der Waals surface area contributed by atoms with E-state index < -0.39 is 28.7 Å². The van der Waals surface area contributed by atoms with Gasteiger partial charge in [-0.3, -0.25) is 29.4 Å². The lowest BCUT2D eigenvalue weighted by Crippen LogP contribution is -2.48. The second-order valence-electron chi connectivity index (χ2n) is 7.52. The summed E-state index contributed by atoms with van der Waals surface area (Å²) in [6.07, 6.45) is 0.0150. The maximum atomic E-state index is 13.2. The number of carbonyl (C=O) groups excluding carboxylic acids is 3. The minimum absolute atomic E-state index is 0.0150. The molecule has 1 aliphatic rings.